The van der Waals surface area contributed by atoms with Crippen molar-refractivity contribution < 1.29 is 24.3 Å². The fraction of sp³-hybridized carbons (Fsp3) is 0.367. The summed E-state index contributed by atoms with van der Waals surface area (Å²) >= 11 is 0. The molecular formula is C30H34N6O5. The number of piperidine rings is 1. The standard InChI is InChI=1S/C30H34N6O5/c1-29(2,33-28(40)41)26(38)32-23(15-20-17-31-22-12-8-7-11-21(20)22)25(37)36-14-13-24-30(18-36,27(39)35(3)34-24)16-19-9-5-4-6-10-19/h4-12,17,23,31,33H,13-16,18H2,1-3H3,(H,32,38)(H,40,41)/t23-,30?/m1/s1. The number of carboxylic acid groups (broad SMARTS) is 1. The molecule has 4 N–H and O–H groups in total. The van der Waals surface area contributed by atoms with Crippen LogP contribution in [0.5, 0.6) is 0 Å². The predicted octanol–water partition coefficient (Wildman–Crippen LogP) is 2.53. The van der Waals surface area contributed by atoms with Gasteiger partial charge in [0, 0.05) is 50.1 Å². The molecule has 0 bridgehead atoms. The average molecular weight is 559 g/mol. The highest BCUT2D eigenvalue weighted by Crippen LogP contribution is 2.38. The molecule has 0 spiro atoms. The highest BCUT2D eigenvalue weighted by atomic mass is 16.4. The van der Waals surface area contributed by atoms with Crippen molar-refractivity contribution in [2.75, 3.05) is 20.1 Å². The van der Waals surface area contributed by atoms with Crippen molar-refractivity contribution in [1.29, 1.82) is 0 Å². The smallest absolute Gasteiger partial charge is 0.405 e. The Bertz CT molecular complexity index is 1530. The van der Waals surface area contributed by atoms with Crippen LogP contribution in [0.1, 0.15) is 31.4 Å². The Balaban J connectivity index is 1.46. The Kier molecular flexibility index (Phi) is 7.29. The number of hydrogen-bond donors (Lipinski definition) is 4. The van der Waals surface area contributed by atoms with Gasteiger partial charge in [-0.2, -0.15) is 5.10 Å². The molecular weight excluding hydrogens is 524 g/mol. The van der Waals surface area contributed by atoms with Crippen molar-refractivity contribution in [2.24, 2.45) is 10.5 Å². The number of H-pyrrole nitrogens is 1. The summed E-state index contributed by atoms with van der Waals surface area (Å²) < 4.78 is 0. The Morgan fingerprint density at radius 2 is 1.83 bits per heavy atom. The minimum absolute atomic E-state index is 0.125. The number of fused-ring (bicyclic) bond motifs is 2. The molecule has 5 rings (SSSR count). The molecule has 0 saturated carbocycles. The highest BCUT2D eigenvalue weighted by molar-refractivity contribution is 6.13. The first-order chi connectivity index (χ1) is 19.5. The number of hydrogen-bond acceptors (Lipinski definition) is 5. The molecule has 3 heterocycles. The maximum Gasteiger partial charge on any atom is 0.405 e. The van der Waals surface area contributed by atoms with E-state index in [-0.39, 0.29) is 24.8 Å². The number of aromatic nitrogens is 1. The van der Waals surface area contributed by atoms with E-state index in [0.29, 0.717) is 19.4 Å². The Labute approximate surface area is 237 Å². The van der Waals surface area contributed by atoms with Crippen LogP contribution in [-0.2, 0) is 27.2 Å². The molecule has 2 aliphatic heterocycles. The van der Waals surface area contributed by atoms with Gasteiger partial charge in [0.25, 0.3) is 5.91 Å². The van der Waals surface area contributed by atoms with Crippen molar-refractivity contribution in [1.82, 2.24) is 25.5 Å². The minimum Gasteiger partial charge on any atom is -0.465 e. The summed E-state index contributed by atoms with van der Waals surface area (Å²) in [4.78, 5) is 57.2. The number of amides is 4. The van der Waals surface area contributed by atoms with Crippen LogP contribution in [0.25, 0.3) is 10.9 Å². The number of rotatable bonds is 8. The van der Waals surface area contributed by atoms with Gasteiger partial charge in [0.2, 0.25) is 11.8 Å². The molecule has 1 saturated heterocycles. The van der Waals surface area contributed by atoms with Gasteiger partial charge in [0.05, 0.1) is 5.71 Å². The second-order valence-electron chi connectivity index (χ2n) is 11.3. The zero-order valence-electron chi connectivity index (χ0n) is 23.3. The molecule has 11 heteroatoms. The number of hydrazone groups is 1. The molecule has 2 aromatic carbocycles. The van der Waals surface area contributed by atoms with E-state index in [4.69, 9.17) is 0 Å². The summed E-state index contributed by atoms with van der Waals surface area (Å²) in [6, 6.07) is 16.3. The van der Waals surface area contributed by atoms with Crippen molar-refractivity contribution in [2.45, 2.75) is 44.7 Å². The molecule has 41 heavy (non-hydrogen) atoms. The summed E-state index contributed by atoms with van der Waals surface area (Å²) in [5, 5.41) is 21.1. The van der Waals surface area contributed by atoms with E-state index < -0.39 is 29.0 Å². The van der Waals surface area contributed by atoms with E-state index in [1.165, 1.54) is 18.9 Å². The van der Waals surface area contributed by atoms with Crippen LogP contribution in [0.15, 0.2) is 65.9 Å². The van der Waals surface area contributed by atoms with Gasteiger partial charge in [-0.15, -0.1) is 0 Å². The topological polar surface area (TPSA) is 147 Å². The molecule has 3 aromatic rings. The predicted molar refractivity (Wildman–Crippen MR) is 153 cm³/mol. The zero-order valence-corrected chi connectivity index (χ0v) is 23.3. The molecule has 1 unspecified atom stereocenters. The van der Waals surface area contributed by atoms with E-state index >= 15 is 0 Å². The summed E-state index contributed by atoms with van der Waals surface area (Å²) in [6.45, 7) is 3.34. The van der Waals surface area contributed by atoms with Crippen LogP contribution in [0.2, 0.25) is 0 Å². The lowest BCUT2D eigenvalue weighted by Gasteiger charge is -2.41. The Hall–Kier alpha value is -4.67. The summed E-state index contributed by atoms with van der Waals surface area (Å²) in [5.41, 5.74) is 0.963. The minimum atomic E-state index is -1.48. The van der Waals surface area contributed by atoms with Gasteiger partial charge < -0.3 is 25.6 Å². The van der Waals surface area contributed by atoms with Crippen LogP contribution in [0.3, 0.4) is 0 Å². The van der Waals surface area contributed by atoms with Crippen LogP contribution in [0, 0.1) is 5.41 Å². The van der Waals surface area contributed by atoms with Crippen molar-refractivity contribution in [3.63, 3.8) is 0 Å². The molecule has 1 fully saturated rings. The number of carbonyl (C=O) groups excluding carboxylic acids is 3. The quantitative estimate of drug-likeness (QED) is 0.336. The largest absolute Gasteiger partial charge is 0.465 e. The maximum atomic E-state index is 14.2. The van der Waals surface area contributed by atoms with E-state index in [2.05, 4.69) is 20.7 Å². The van der Waals surface area contributed by atoms with E-state index in [0.717, 1.165) is 27.7 Å². The highest BCUT2D eigenvalue weighted by Gasteiger charge is 2.54. The van der Waals surface area contributed by atoms with E-state index in [9.17, 15) is 24.3 Å². The summed E-state index contributed by atoms with van der Waals surface area (Å²) in [6.07, 6.45) is 1.46. The van der Waals surface area contributed by atoms with Gasteiger partial charge in [-0.25, -0.2) is 9.80 Å². The zero-order chi connectivity index (χ0) is 29.4. The van der Waals surface area contributed by atoms with Crippen molar-refractivity contribution >= 4 is 40.4 Å². The third-order valence-electron chi connectivity index (χ3n) is 7.96. The Morgan fingerprint density at radius 1 is 1.12 bits per heavy atom. The normalized spacial score (nSPS) is 19.5. The fourth-order valence-corrected chi connectivity index (χ4v) is 5.82. The lowest BCUT2D eigenvalue weighted by molar-refractivity contribution is -0.142. The van der Waals surface area contributed by atoms with Crippen LogP contribution >= 0.6 is 0 Å². The first kappa shape index (κ1) is 27.9. The maximum absolute atomic E-state index is 14.2. The van der Waals surface area contributed by atoms with E-state index in [1.54, 1.807) is 11.9 Å². The van der Waals surface area contributed by atoms with Gasteiger partial charge in [0.1, 0.15) is 17.0 Å². The van der Waals surface area contributed by atoms with Crippen LogP contribution in [0.4, 0.5) is 4.79 Å². The number of carbonyl (C=O) groups is 4. The third-order valence-corrected chi connectivity index (χ3v) is 7.96. The molecule has 2 aliphatic rings. The second kappa shape index (κ2) is 10.7. The molecule has 0 radical (unpaired) electrons. The first-order valence-electron chi connectivity index (χ1n) is 13.6. The number of para-hydroxylation sites is 1. The number of likely N-dealkylation sites (tertiary alicyclic amines) is 1. The van der Waals surface area contributed by atoms with Crippen LogP contribution in [-0.4, -0.2) is 81.2 Å². The summed E-state index contributed by atoms with van der Waals surface area (Å²) in [5.74, 6) is -1.14. The lowest BCUT2D eigenvalue weighted by Crippen LogP contribution is -2.62. The van der Waals surface area contributed by atoms with Gasteiger partial charge in [-0.3, -0.25) is 14.4 Å². The molecule has 4 amide bonds. The van der Waals surface area contributed by atoms with Gasteiger partial charge in [-0.05, 0) is 37.5 Å². The monoisotopic (exact) mass is 558 g/mol. The Morgan fingerprint density at radius 3 is 2.56 bits per heavy atom. The summed E-state index contributed by atoms with van der Waals surface area (Å²) in [7, 11) is 1.63. The average Bonchev–Trinajstić information content (AvgIpc) is 3.45. The molecule has 0 aliphatic carbocycles. The van der Waals surface area contributed by atoms with Crippen molar-refractivity contribution in [3.05, 3.63) is 71.9 Å². The van der Waals surface area contributed by atoms with E-state index in [1.807, 2.05) is 60.8 Å². The third kappa shape index (κ3) is 5.39. The first-order valence-corrected chi connectivity index (χ1v) is 13.6. The van der Waals surface area contributed by atoms with Crippen LogP contribution < -0.4 is 10.6 Å². The van der Waals surface area contributed by atoms with Crippen molar-refractivity contribution in [3.8, 4) is 0 Å². The van der Waals surface area contributed by atoms with Gasteiger partial charge in [-0.1, -0.05) is 48.5 Å². The fourth-order valence-electron chi connectivity index (χ4n) is 5.82. The number of aromatic amines is 1. The molecule has 1 aromatic heterocycles. The number of nitrogens with zero attached hydrogens (tertiary/aromatic N) is 3. The molecule has 2 atom stereocenters. The SMILES string of the molecule is CN1N=C2CCN(C(=O)[C@@H](Cc3c[nH]c4ccccc34)NC(=O)C(C)(C)NC(=O)O)CC2(Cc2ccccc2)C1=O. The second-order valence-corrected chi connectivity index (χ2v) is 11.3. The molecule has 214 valence electrons. The molecule has 11 nitrogen and oxygen atoms in total. The van der Waals surface area contributed by atoms with Gasteiger partial charge in [0.15, 0.2) is 0 Å². The number of nitrogens with one attached hydrogen (secondary N) is 3. The van der Waals surface area contributed by atoms with Gasteiger partial charge >= 0.3 is 6.09 Å². The number of benzene rings is 2. The lowest BCUT2D eigenvalue weighted by atomic mass is 9.73.